The van der Waals surface area contributed by atoms with Crippen molar-refractivity contribution in [1.82, 2.24) is 10.3 Å². The summed E-state index contributed by atoms with van der Waals surface area (Å²) >= 11 is 0. The third kappa shape index (κ3) is 6.53. The molecule has 0 spiro atoms. The Hall–Kier alpha value is -1.24. The molecule has 0 radical (unpaired) electrons. The second-order valence-electron chi connectivity index (χ2n) is 8.35. The first-order valence-corrected chi connectivity index (χ1v) is 11.8. The molecule has 0 saturated heterocycles. The van der Waals surface area contributed by atoms with Crippen LogP contribution in [0.25, 0.3) is 0 Å². The van der Waals surface area contributed by atoms with E-state index in [2.05, 4.69) is 39.2 Å². The molecule has 1 aromatic rings. The second-order valence-corrected chi connectivity index (χ2v) is 13.2. The van der Waals surface area contributed by atoms with Gasteiger partial charge in [0.15, 0.2) is 8.32 Å². The first-order chi connectivity index (χ1) is 11.4. The largest absolute Gasteiger partial charge is 0.465 e. The van der Waals surface area contributed by atoms with E-state index in [1.807, 2.05) is 32.0 Å². The predicted octanol–water partition coefficient (Wildman–Crippen LogP) is 3.99. The smallest absolute Gasteiger partial charge is 0.319 e. The van der Waals surface area contributed by atoms with Gasteiger partial charge in [0.25, 0.3) is 0 Å². The van der Waals surface area contributed by atoms with Crippen LogP contribution in [0.1, 0.15) is 52.9 Å². The summed E-state index contributed by atoms with van der Waals surface area (Å²) in [6.07, 6.45) is 0. The van der Waals surface area contributed by atoms with Crippen molar-refractivity contribution in [1.29, 1.82) is 0 Å². The summed E-state index contributed by atoms with van der Waals surface area (Å²) in [5.41, 5.74) is 1.36. The zero-order valence-corrected chi connectivity index (χ0v) is 18.0. The van der Waals surface area contributed by atoms with Crippen LogP contribution in [0.2, 0.25) is 18.1 Å². The highest BCUT2D eigenvalue weighted by Gasteiger charge is 2.37. The van der Waals surface area contributed by atoms with E-state index in [1.54, 1.807) is 6.92 Å². The number of rotatable bonds is 8. The molecule has 0 aromatic carbocycles. The van der Waals surface area contributed by atoms with Crippen LogP contribution in [0.5, 0.6) is 0 Å². The molecule has 0 saturated carbocycles. The summed E-state index contributed by atoms with van der Waals surface area (Å²) in [4.78, 5) is 16.3. The molecule has 0 aliphatic rings. The first-order valence-electron chi connectivity index (χ1n) is 8.90. The molecule has 0 fully saturated rings. The monoisotopic (exact) mass is 366 g/mol. The van der Waals surface area contributed by atoms with Crippen molar-refractivity contribution in [3.8, 4) is 0 Å². The third-order valence-electron chi connectivity index (χ3n) is 4.81. The molecule has 5 nitrogen and oxygen atoms in total. The zero-order valence-electron chi connectivity index (χ0n) is 17.0. The topological polar surface area (TPSA) is 60.5 Å². The molecule has 0 aliphatic heterocycles. The fourth-order valence-electron chi connectivity index (χ4n) is 1.97. The van der Waals surface area contributed by atoms with Gasteiger partial charge < -0.3 is 9.16 Å². The molecule has 6 heteroatoms. The summed E-state index contributed by atoms with van der Waals surface area (Å²) < 4.78 is 11.2. The molecule has 25 heavy (non-hydrogen) atoms. The van der Waals surface area contributed by atoms with E-state index in [0.29, 0.717) is 13.2 Å². The molecule has 1 rings (SSSR count). The lowest BCUT2D eigenvalue weighted by atomic mass is 9.99. The van der Waals surface area contributed by atoms with Crippen LogP contribution in [0.3, 0.4) is 0 Å². The lowest BCUT2D eigenvalue weighted by Gasteiger charge is -2.36. The van der Waals surface area contributed by atoms with Crippen molar-refractivity contribution in [2.24, 2.45) is 0 Å². The molecule has 0 unspecified atom stereocenters. The van der Waals surface area contributed by atoms with Crippen LogP contribution in [0.4, 0.5) is 0 Å². The van der Waals surface area contributed by atoms with Gasteiger partial charge in [-0.15, -0.1) is 0 Å². The van der Waals surface area contributed by atoms with Crippen molar-refractivity contribution in [3.05, 3.63) is 29.6 Å². The molecule has 1 heterocycles. The highest BCUT2D eigenvalue weighted by atomic mass is 28.4. The Morgan fingerprint density at radius 1 is 1.20 bits per heavy atom. The minimum Gasteiger partial charge on any atom is -0.465 e. The summed E-state index contributed by atoms with van der Waals surface area (Å²) in [7, 11) is -1.81. The average Bonchev–Trinajstić information content (AvgIpc) is 2.51. The number of nitrogens with one attached hydrogen (secondary N) is 1. The Morgan fingerprint density at radius 3 is 2.40 bits per heavy atom. The molecule has 0 atom stereocenters. The lowest BCUT2D eigenvalue weighted by Crippen LogP contribution is -2.41. The average molecular weight is 367 g/mol. The fraction of sp³-hybridized carbons (Fsp3) is 0.684. The Morgan fingerprint density at radius 2 is 1.84 bits per heavy atom. The number of esters is 1. The maximum atomic E-state index is 11.6. The minimum atomic E-state index is -1.81. The van der Waals surface area contributed by atoms with Crippen LogP contribution < -0.4 is 5.32 Å². The number of hydrogen-bond acceptors (Lipinski definition) is 5. The van der Waals surface area contributed by atoms with Crippen LogP contribution in [-0.4, -0.2) is 32.4 Å². The van der Waals surface area contributed by atoms with E-state index < -0.39 is 13.9 Å². The molecule has 1 N–H and O–H groups in total. The lowest BCUT2D eigenvalue weighted by molar-refractivity contribution is -0.142. The summed E-state index contributed by atoms with van der Waals surface area (Å²) in [5, 5.41) is 3.39. The number of pyridine rings is 1. The van der Waals surface area contributed by atoms with Crippen LogP contribution in [-0.2, 0) is 26.1 Å². The Labute approximate surface area is 153 Å². The summed E-state index contributed by atoms with van der Waals surface area (Å²) in [6, 6.07) is 5.94. The Balaban J connectivity index is 2.78. The molecule has 142 valence electrons. The predicted molar refractivity (Wildman–Crippen MR) is 104 cm³/mol. The van der Waals surface area contributed by atoms with E-state index in [4.69, 9.17) is 14.1 Å². The van der Waals surface area contributed by atoms with Gasteiger partial charge in [-0.25, -0.2) is 0 Å². The van der Waals surface area contributed by atoms with E-state index in [-0.39, 0.29) is 17.6 Å². The quantitative estimate of drug-likeness (QED) is 0.557. The number of carbonyl (C=O) groups is 1. The van der Waals surface area contributed by atoms with Gasteiger partial charge in [0.2, 0.25) is 0 Å². The Bertz CT molecular complexity index is 580. The number of aromatic nitrogens is 1. The molecule has 0 bridgehead atoms. The van der Waals surface area contributed by atoms with Crippen molar-refractivity contribution in [2.45, 2.75) is 71.8 Å². The molecule has 1 aromatic heterocycles. The van der Waals surface area contributed by atoms with Crippen molar-refractivity contribution >= 4 is 14.3 Å². The SMILES string of the molecule is CCOC(=O)CNC(C)(C)c1cccc(CO[Si](C)(C)C(C)(C)C)n1. The number of hydrogen-bond donors (Lipinski definition) is 1. The van der Waals surface area contributed by atoms with Gasteiger partial charge in [-0.3, -0.25) is 15.1 Å². The van der Waals surface area contributed by atoms with E-state index >= 15 is 0 Å². The molecule has 0 amide bonds. The van der Waals surface area contributed by atoms with Crippen molar-refractivity contribution < 1.29 is 14.0 Å². The second kappa shape index (κ2) is 8.43. The maximum Gasteiger partial charge on any atom is 0.319 e. The zero-order chi connectivity index (χ0) is 19.3. The normalized spacial score (nSPS) is 13.0. The van der Waals surface area contributed by atoms with Gasteiger partial charge in [-0.2, -0.15) is 0 Å². The van der Waals surface area contributed by atoms with Gasteiger partial charge in [0.1, 0.15) is 0 Å². The highest BCUT2D eigenvalue weighted by molar-refractivity contribution is 6.74. The third-order valence-corrected chi connectivity index (χ3v) is 9.29. The van der Waals surface area contributed by atoms with Crippen LogP contribution in [0, 0.1) is 0 Å². The van der Waals surface area contributed by atoms with Gasteiger partial charge in [-0.1, -0.05) is 26.8 Å². The van der Waals surface area contributed by atoms with E-state index in [1.165, 1.54) is 0 Å². The van der Waals surface area contributed by atoms with Gasteiger partial charge >= 0.3 is 5.97 Å². The first kappa shape index (κ1) is 21.8. The van der Waals surface area contributed by atoms with Gasteiger partial charge in [0.05, 0.1) is 36.7 Å². The van der Waals surface area contributed by atoms with Crippen molar-refractivity contribution in [3.63, 3.8) is 0 Å². The molecule has 0 aliphatic carbocycles. The highest BCUT2D eigenvalue weighted by Crippen LogP contribution is 2.37. The van der Waals surface area contributed by atoms with Crippen LogP contribution >= 0.6 is 0 Å². The summed E-state index contributed by atoms with van der Waals surface area (Å²) in [5.74, 6) is -0.256. The van der Waals surface area contributed by atoms with Gasteiger partial charge in [0, 0.05) is 0 Å². The van der Waals surface area contributed by atoms with E-state index in [9.17, 15) is 4.79 Å². The fourth-order valence-corrected chi connectivity index (χ4v) is 2.92. The number of carbonyl (C=O) groups excluding carboxylic acids is 1. The summed E-state index contributed by atoms with van der Waals surface area (Å²) in [6.45, 7) is 18.0. The standard InChI is InChI=1S/C19H34N2O3Si/c1-9-23-17(22)13-20-19(5,6)16-12-10-11-15(21-16)14-24-25(7,8)18(2,3)4/h10-12,20H,9,13-14H2,1-8H3. The molecular weight excluding hydrogens is 332 g/mol. The number of nitrogens with zero attached hydrogens (tertiary/aromatic N) is 1. The Kier molecular flexibility index (Phi) is 7.35. The number of ether oxygens (including phenoxy) is 1. The van der Waals surface area contributed by atoms with E-state index in [0.717, 1.165) is 11.4 Å². The van der Waals surface area contributed by atoms with Crippen LogP contribution in [0.15, 0.2) is 18.2 Å². The maximum absolute atomic E-state index is 11.6. The van der Waals surface area contributed by atoms with Gasteiger partial charge in [-0.05, 0) is 51.0 Å². The minimum absolute atomic E-state index is 0.160. The molecular formula is C19H34N2O3Si. The van der Waals surface area contributed by atoms with Crippen molar-refractivity contribution in [2.75, 3.05) is 13.2 Å².